The summed E-state index contributed by atoms with van der Waals surface area (Å²) in [4.78, 5) is 0. The highest BCUT2D eigenvalue weighted by Gasteiger charge is 2.30. The SMILES string of the molecule is NCC1Cc2cc(-c3ccc(C(F)(F)F)cc3)cc(F)c2O1. The Hall–Kier alpha value is -2.08. The molecule has 1 atom stereocenters. The van der Waals surface area contributed by atoms with Crippen LogP contribution in [-0.2, 0) is 12.6 Å². The van der Waals surface area contributed by atoms with E-state index in [9.17, 15) is 17.6 Å². The van der Waals surface area contributed by atoms with Crippen LogP contribution in [0, 0.1) is 5.82 Å². The summed E-state index contributed by atoms with van der Waals surface area (Å²) in [5, 5.41) is 0. The zero-order valence-electron chi connectivity index (χ0n) is 11.5. The molecule has 22 heavy (non-hydrogen) atoms. The summed E-state index contributed by atoms with van der Waals surface area (Å²) in [6.45, 7) is 0.281. The largest absolute Gasteiger partial charge is 0.485 e. The number of hydrogen-bond donors (Lipinski definition) is 1. The second kappa shape index (κ2) is 5.28. The van der Waals surface area contributed by atoms with Crippen molar-refractivity contribution in [1.82, 2.24) is 0 Å². The van der Waals surface area contributed by atoms with E-state index >= 15 is 0 Å². The lowest BCUT2D eigenvalue weighted by Crippen LogP contribution is -2.24. The van der Waals surface area contributed by atoms with Crippen molar-refractivity contribution in [3.8, 4) is 16.9 Å². The molecule has 0 aliphatic carbocycles. The molecular formula is C16H13F4NO. The maximum atomic E-state index is 14.1. The first-order valence-electron chi connectivity index (χ1n) is 6.75. The van der Waals surface area contributed by atoms with Crippen LogP contribution in [0.4, 0.5) is 17.6 Å². The zero-order chi connectivity index (χ0) is 15.9. The van der Waals surface area contributed by atoms with E-state index in [1.165, 1.54) is 18.2 Å². The van der Waals surface area contributed by atoms with Gasteiger partial charge in [-0.05, 0) is 35.4 Å². The van der Waals surface area contributed by atoms with Gasteiger partial charge in [0, 0.05) is 18.5 Å². The van der Waals surface area contributed by atoms with Crippen molar-refractivity contribution in [2.24, 2.45) is 5.73 Å². The Morgan fingerprint density at radius 1 is 1.09 bits per heavy atom. The maximum Gasteiger partial charge on any atom is 0.416 e. The lowest BCUT2D eigenvalue weighted by Gasteiger charge is -2.09. The predicted octanol–water partition coefficient (Wildman–Crippen LogP) is 3.77. The molecule has 1 aliphatic heterocycles. The molecule has 0 aromatic heterocycles. The third-order valence-corrected chi connectivity index (χ3v) is 3.66. The molecule has 0 amide bonds. The Morgan fingerprint density at radius 3 is 2.36 bits per heavy atom. The molecular weight excluding hydrogens is 298 g/mol. The third kappa shape index (κ3) is 2.66. The Labute approximate surface area is 124 Å². The molecule has 0 bridgehead atoms. The molecule has 1 heterocycles. The normalized spacial score (nSPS) is 17.2. The number of rotatable bonds is 2. The van der Waals surface area contributed by atoms with Gasteiger partial charge in [0.1, 0.15) is 6.10 Å². The molecule has 1 aliphatic rings. The van der Waals surface area contributed by atoms with Crippen LogP contribution in [0.15, 0.2) is 36.4 Å². The average molecular weight is 311 g/mol. The van der Waals surface area contributed by atoms with E-state index in [4.69, 9.17) is 10.5 Å². The molecule has 2 aromatic carbocycles. The fourth-order valence-corrected chi connectivity index (χ4v) is 2.54. The standard InChI is InChI=1S/C16H13F4NO/c17-14-7-10(5-11-6-13(8-21)22-15(11)14)9-1-3-12(4-2-9)16(18,19)20/h1-5,7,13H,6,8,21H2. The highest BCUT2D eigenvalue weighted by Crippen LogP contribution is 2.36. The second-order valence-corrected chi connectivity index (χ2v) is 5.20. The Bertz CT molecular complexity index is 695. The first-order valence-corrected chi connectivity index (χ1v) is 6.75. The van der Waals surface area contributed by atoms with Crippen LogP contribution >= 0.6 is 0 Å². The van der Waals surface area contributed by atoms with Gasteiger partial charge in [-0.2, -0.15) is 13.2 Å². The van der Waals surface area contributed by atoms with Crippen LogP contribution in [-0.4, -0.2) is 12.6 Å². The first-order chi connectivity index (χ1) is 10.4. The van der Waals surface area contributed by atoms with Crippen molar-refractivity contribution < 1.29 is 22.3 Å². The molecule has 116 valence electrons. The van der Waals surface area contributed by atoms with Crippen molar-refractivity contribution in [2.45, 2.75) is 18.7 Å². The molecule has 6 heteroatoms. The van der Waals surface area contributed by atoms with E-state index in [0.717, 1.165) is 12.1 Å². The van der Waals surface area contributed by atoms with Crippen LogP contribution in [0.5, 0.6) is 5.75 Å². The van der Waals surface area contributed by atoms with Gasteiger partial charge in [-0.1, -0.05) is 12.1 Å². The molecule has 2 N–H and O–H groups in total. The summed E-state index contributed by atoms with van der Waals surface area (Å²) in [5.74, 6) is -0.338. The second-order valence-electron chi connectivity index (χ2n) is 5.20. The Balaban J connectivity index is 1.95. The summed E-state index contributed by atoms with van der Waals surface area (Å²) < 4.78 is 57.1. The van der Waals surface area contributed by atoms with Crippen LogP contribution in [0.2, 0.25) is 0 Å². The molecule has 2 nitrogen and oxygen atoms in total. The van der Waals surface area contributed by atoms with Gasteiger partial charge in [0.25, 0.3) is 0 Å². The minimum absolute atomic E-state index is 0.186. The quantitative estimate of drug-likeness (QED) is 0.857. The number of alkyl halides is 3. The fraction of sp³-hybridized carbons (Fsp3) is 0.250. The van der Waals surface area contributed by atoms with E-state index < -0.39 is 17.6 Å². The number of ether oxygens (including phenoxy) is 1. The topological polar surface area (TPSA) is 35.2 Å². The number of hydrogen-bond acceptors (Lipinski definition) is 2. The number of halogens is 4. The van der Waals surface area contributed by atoms with Gasteiger partial charge in [0.15, 0.2) is 11.6 Å². The fourth-order valence-electron chi connectivity index (χ4n) is 2.54. The minimum atomic E-state index is -4.39. The Kier molecular flexibility index (Phi) is 3.56. The van der Waals surface area contributed by atoms with Crippen LogP contribution in [0.25, 0.3) is 11.1 Å². The van der Waals surface area contributed by atoms with Gasteiger partial charge in [0.2, 0.25) is 0 Å². The predicted molar refractivity (Wildman–Crippen MR) is 74.0 cm³/mol. The van der Waals surface area contributed by atoms with E-state index in [1.54, 1.807) is 6.07 Å². The van der Waals surface area contributed by atoms with Gasteiger partial charge in [0.05, 0.1) is 5.56 Å². The number of fused-ring (bicyclic) bond motifs is 1. The highest BCUT2D eigenvalue weighted by atomic mass is 19.4. The lowest BCUT2D eigenvalue weighted by atomic mass is 9.99. The molecule has 1 unspecified atom stereocenters. The highest BCUT2D eigenvalue weighted by molar-refractivity contribution is 5.67. The van der Waals surface area contributed by atoms with Crippen LogP contribution < -0.4 is 10.5 Å². The monoisotopic (exact) mass is 311 g/mol. The van der Waals surface area contributed by atoms with Gasteiger partial charge in [-0.15, -0.1) is 0 Å². The molecule has 0 radical (unpaired) electrons. The molecule has 0 spiro atoms. The zero-order valence-corrected chi connectivity index (χ0v) is 11.5. The van der Waals surface area contributed by atoms with Gasteiger partial charge < -0.3 is 10.5 Å². The molecule has 0 fully saturated rings. The number of nitrogens with two attached hydrogens (primary N) is 1. The third-order valence-electron chi connectivity index (χ3n) is 3.66. The van der Waals surface area contributed by atoms with Crippen molar-refractivity contribution in [2.75, 3.05) is 6.54 Å². The van der Waals surface area contributed by atoms with Gasteiger partial charge in [-0.25, -0.2) is 4.39 Å². The van der Waals surface area contributed by atoms with Crippen molar-refractivity contribution in [3.05, 3.63) is 53.3 Å². The smallest absolute Gasteiger partial charge is 0.416 e. The van der Waals surface area contributed by atoms with Crippen molar-refractivity contribution in [1.29, 1.82) is 0 Å². The van der Waals surface area contributed by atoms with Gasteiger partial charge in [-0.3, -0.25) is 0 Å². The van der Waals surface area contributed by atoms with E-state index in [0.29, 0.717) is 23.1 Å². The molecule has 3 rings (SSSR count). The summed E-state index contributed by atoms with van der Waals surface area (Å²) in [6.07, 6.45) is -4.14. The van der Waals surface area contributed by atoms with Crippen LogP contribution in [0.3, 0.4) is 0 Å². The van der Waals surface area contributed by atoms with E-state index in [1.807, 2.05) is 0 Å². The summed E-state index contributed by atoms with van der Waals surface area (Å²) in [5.41, 5.74) is 6.51. The Morgan fingerprint density at radius 2 is 1.77 bits per heavy atom. The van der Waals surface area contributed by atoms with E-state index in [-0.39, 0.29) is 18.4 Å². The summed E-state index contributed by atoms with van der Waals surface area (Å²) in [7, 11) is 0. The number of benzene rings is 2. The summed E-state index contributed by atoms with van der Waals surface area (Å²) in [6, 6.07) is 7.64. The maximum absolute atomic E-state index is 14.1. The molecule has 0 saturated carbocycles. The first kappa shape index (κ1) is 14.8. The molecule has 2 aromatic rings. The summed E-state index contributed by atoms with van der Waals surface area (Å²) >= 11 is 0. The van der Waals surface area contributed by atoms with Crippen molar-refractivity contribution >= 4 is 0 Å². The average Bonchev–Trinajstić information content (AvgIpc) is 2.90. The van der Waals surface area contributed by atoms with Gasteiger partial charge >= 0.3 is 6.18 Å². The lowest BCUT2D eigenvalue weighted by molar-refractivity contribution is -0.137. The van der Waals surface area contributed by atoms with Crippen LogP contribution in [0.1, 0.15) is 11.1 Å². The van der Waals surface area contributed by atoms with Crippen molar-refractivity contribution in [3.63, 3.8) is 0 Å². The minimum Gasteiger partial charge on any atom is -0.485 e. The van der Waals surface area contributed by atoms with E-state index in [2.05, 4.69) is 0 Å². The molecule has 0 saturated heterocycles.